The van der Waals surface area contributed by atoms with E-state index in [1.807, 2.05) is 54.6 Å². The van der Waals surface area contributed by atoms with Crippen LogP contribution in [0.3, 0.4) is 0 Å². The largest absolute Gasteiger partial charge is 0.468 e. The zero-order chi connectivity index (χ0) is 24.7. The lowest BCUT2D eigenvalue weighted by molar-refractivity contribution is -0.148. The molecule has 4 rings (SSSR count). The van der Waals surface area contributed by atoms with Crippen molar-refractivity contribution in [3.05, 3.63) is 90.2 Å². The smallest absolute Gasteiger partial charge is 0.316 e. The number of halogens is 1. The van der Waals surface area contributed by atoms with Crippen molar-refractivity contribution >= 4 is 11.7 Å². The van der Waals surface area contributed by atoms with E-state index in [0.717, 1.165) is 63.1 Å². The van der Waals surface area contributed by atoms with Gasteiger partial charge in [0.15, 0.2) is 0 Å². The Morgan fingerprint density at radius 1 is 0.914 bits per heavy atom. The number of esters is 1. The van der Waals surface area contributed by atoms with Gasteiger partial charge in [-0.3, -0.25) is 9.69 Å². The number of methoxy groups -OCH3 is 1. The lowest BCUT2D eigenvalue weighted by atomic mass is 9.74. The van der Waals surface area contributed by atoms with Gasteiger partial charge in [0.2, 0.25) is 0 Å². The minimum Gasteiger partial charge on any atom is -0.468 e. The summed E-state index contributed by atoms with van der Waals surface area (Å²) in [6.07, 6.45) is 2.44. The Morgan fingerprint density at radius 2 is 1.57 bits per heavy atom. The molecule has 0 spiro atoms. The number of carbonyl (C=O) groups excluding carboxylic acids is 1. The molecule has 1 aliphatic heterocycles. The highest BCUT2D eigenvalue weighted by molar-refractivity contribution is 5.83. The molecular weight excluding hydrogens is 439 g/mol. The summed E-state index contributed by atoms with van der Waals surface area (Å²) in [5.74, 6) is -0.338. The predicted molar refractivity (Wildman–Crippen MR) is 140 cm³/mol. The monoisotopic (exact) mass is 474 g/mol. The summed E-state index contributed by atoms with van der Waals surface area (Å²) in [4.78, 5) is 17.7. The highest BCUT2D eigenvalue weighted by atomic mass is 19.1. The van der Waals surface area contributed by atoms with Crippen LogP contribution in [0, 0.1) is 5.82 Å². The summed E-state index contributed by atoms with van der Waals surface area (Å²) in [7, 11) is 1.48. The van der Waals surface area contributed by atoms with Crippen LogP contribution in [0.2, 0.25) is 0 Å². The number of benzene rings is 3. The maximum Gasteiger partial charge on any atom is 0.316 e. The molecule has 3 aromatic carbocycles. The first-order valence-electron chi connectivity index (χ1n) is 12.5. The van der Waals surface area contributed by atoms with Gasteiger partial charge < -0.3 is 9.64 Å². The summed E-state index contributed by atoms with van der Waals surface area (Å²) < 4.78 is 19.3. The second kappa shape index (κ2) is 11.5. The van der Waals surface area contributed by atoms with Gasteiger partial charge in [0.05, 0.1) is 12.5 Å². The van der Waals surface area contributed by atoms with Crippen molar-refractivity contribution in [3.63, 3.8) is 0 Å². The Bertz CT molecular complexity index is 1090. The molecule has 1 unspecified atom stereocenters. The topological polar surface area (TPSA) is 32.8 Å². The molecule has 0 radical (unpaired) electrons. The Labute approximate surface area is 208 Å². The molecule has 35 heavy (non-hydrogen) atoms. The predicted octanol–water partition coefficient (Wildman–Crippen LogP) is 5.92. The Balaban J connectivity index is 1.31. The number of anilines is 1. The molecule has 1 saturated heterocycles. The summed E-state index contributed by atoms with van der Waals surface area (Å²) >= 11 is 0. The third kappa shape index (κ3) is 5.57. The van der Waals surface area contributed by atoms with E-state index in [0.29, 0.717) is 5.56 Å². The molecule has 0 aromatic heterocycles. The van der Waals surface area contributed by atoms with E-state index in [2.05, 4.69) is 28.9 Å². The van der Waals surface area contributed by atoms with Crippen molar-refractivity contribution in [1.29, 1.82) is 0 Å². The summed E-state index contributed by atoms with van der Waals surface area (Å²) in [5.41, 5.74) is 3.16. The van der Waals surface area contributed by atoms with Gasteiger partial charge in [-0.05, 0) is 55.1 Å². The third-order valence-corrected chi connectivity index (χ3v) is 7.37. The molecule has 5 heteroatoms. The van der Waals surface area contributed by atoms with Gasteiger partial charge in [0, 0.05) is 37.4 Å². The Hall–Kier alpha value is -3.18. The van der Waals surface area contributed by atoms with Crippen molar-refractivity contribution in [3.8, 4) is 11.1 Å². The summed E-state index contributed by atoms with van der Waals surface area (Å²) in [5, 5.41) is 0. The lowest BCUT2D eigenvalue weighted by Gasteiger charge is -2.37. The minimum atomic E-state index is -0.586. The first kappa shape index (κ1) is 24.9. The molecule has 1 aliphatic rings. The van der Waals surface area contributed by atoms with Gasteiger partial charge in [-0.25, -0.2) is 4.39 Å². The maximum absolute atomic E-state index is 14.1. The molecule has 0 saturated carbocycles. The van der Waals surface area contributed by atoms with Gasteiger partial charge >= 0.3 is 5.97 Å². The van der Waals surface area contributed by atoms with E-state index in [4.69, 9.17) is 4.74 Å². The van der Waals surface area contributed by atoms with E-state index < -0.39 is 5.41 Å². The van der Waals surface area contributed by atoms with Gasteiger partial charge in [-0.1, -0.05) is 67.6 Å². The fourth-order valence-electron chi connectivity index (χ4n) is 5.22. The highest BCUT2D eigenvalue weighted by Crippen LogP contribution is 2.34. The number of piperazine rings is 1. The van der Waals surface area contributed by atoms with Crippen molar-refractivity contribution in [1.82, 2.24) is 4.90 Å². The van der Waals surface area contributed by atoms with Crippen molar-refractivity contribution in [2.45, 2.75) is 31.6 Å². The quantitative estimate of drug-likeness (QED) is 0.361. The highest BCUT2D eigenvalue weighted by Gasteiger charge is 2.39. The zero-order valence-electron chi connectivity index (χ0n) is 20.8. The number of hydrogen-bond acceptors (Lipinski definition) is 4. The third-order valence-electron chi connectivity index (χ3n) is 7.37. The van der Waals surface area contributed by atoms with Crippen LogP contribution in [0.5, 0.6) is 0 Å². The van der Waals surface area contributed by atoms with Crippen LogP contribution in [-0.2, 0) is 14.9 Å². The van der Waals surface area contributed by atoms with Crippen LogP contribution in [0.15, 0.2) is 78.9 Å². The molecule has 0 bridgehead atoms. The van der Waals surface area contributed by atoms with Crippen molar-refractivity contribution in [2.75, 3.05) is 44.7 Å². The normalized spacial score (nSPS) is 16.0. The summed E-state index contributed by atoms with van der Waals surface area (Å²) in [6, 6.07) is 25.1. The molecule has 0 aliphatic carbocycles. The van der Waals surface area contributed by atoms with Crippen LogP contribution in [-0.4, -0.2) is 50.7 Å². The number of nitrogens with zero attached hydrogens (tertiary/aromatic N) is 2. The zero-order valence-corrected chi connectivity index (χ0v) is 20.8. The molecule has 3 aromatic rings. The van der Waals surface area contributed by atoms with Crippen LogP contribution in [0.1, 0.15) is 31.7 Å². The first-order chi connectivity index (χ1) is 17.1. The number of carbonyl (C=O) groups is 1. The van der Waals surface area contributed by atoms with Crippen molar-refractivity contribution < 1.29 is 13.9 Å². The van der Waals surface area contributed by atoms with Crippen LogP contribution in [0.25, 0.3) is 11.1 Å². The van der Waals surface area contributed by atoms with E-state index in [9.17, 15) is 9.18 Å². The first-order valence-corrected chi connectivity index (χ1v) is 12.5. The van der Waals surface area contributed by atoms with Crippen molar-refractivity contribution in [2.24, 2.45) is 0 Å². The SMILES string of the molecule is CCC(CCCN1CCN(c2ccc(-c3ccccc3F)cc2)CC1)(C(=O)OC)c1ccccc1. The average molecular weight is 475 g/mol. The fourth-order valence-corrected chi connectivity index (χ4v) is 5.22. The Kier molecular flexibility index (Phi) is 8.19. The fraction of sp³-hybridized carbons (Fsp3) is 0.367. The number of ether oxygens (including phenoxy) is 1. The van der Waals surface area contributed by atoms with Crippen LogP contribution >= 0.6 is 0 Å². The van der Waals surface area contributed by atoms with Crippen LogP contribution in [0.4, 0.5) is 10.1 Å². The second-order valence-corrected chi connectivity index (χ2v) is 9.25. The number of hydrogen-bond donors (Lipinski definition) is 0. The van der Waals surface area contributed by atoms with E-state index in [1.165, 1.54) is 18.9 Å². The lowest BCUT2D eigenvalue weighted by Crippen LogP contribution is -2.47. The maximum atomic E-state index is 14.1. The van der Waals surface area contributed by atoms with Gasteiger partial charge in [0.25, 0.3) is 0 Å². The molecule has 4 nitrogen and oxygen atoms in total. The average Bonchev–Trinajstić information content (AvgIpc) is 2.92. The number of rotatable bonds is 9. The van der Waals surface area contributed by atoms with Gasteiger partial charge in [-0.15, -0.1) is 0 Å². The molecule has 0 amide bonds. The molecular formula is C30H35FN2O2. The van der Waals surface area contributed by atoms with E-state index in [1.54, 1.807) is 6.07 Å². The van der Waals surface area contributed by atoms with Gasteiger partial charge in [0.1, 0.15) is 5.82 Å². The summed E-state index contributed by atoms with van der Waals surface area (Å²) in [6.45, 7) is 6.91. The molecule has 1 atom stereocenters. The van der Waals surface area contributed by atoms with Crippen LogP contribution < -0.4 is 4.90 Å². The molecule has 0 N–H and O–H groups in total. The van der Waals surface area contributed by atoms with Gasteiger partial charge in [-0.2, -0.15) is 0 Å². The second-order valence-electron chi connectivity index (χ2n) is 9.25. The minimum absolute atomic E-state index is 0.144. The molecule has 184 valence electrons. The molecule has 1 heterocycles. The Morgan fingerprint density at radius 3 is 2.20 bits per heavy atom. The van der Waals surface area contributed by atoms with E-state index >= 15 is 0 Å². The molecule has 1 fully saturated rings. The van der Waals surface area contributed by atoms with E-state index in [-0.39, 0.29) is 11.8 Å². The standard InChI is InChI=1S/C30H35FN2O2/c1-3-30(29(34)35-2,25-10-5-4-6-11-25)18-9-19-32-20-22-33(23-21-32)26-16-14-24(15-17-26)27-12-7-8-13-28(27)31/h4-8,10-17H,3,9,18-23H2,1-2H3.